The van der Waals surface area contributed by atoms with Crippen LogP contribution >= 0.6 is 0 Å². The number of fused-ring (bicyclic) bond motifs is 3. The van der Waals surface area contributed by atoms with Gasteiger partial charge in [-0.25, -0.2) is 9.18 Å². The molecule has 5 rings (SSSR count). The van der Waals surface area contributed by atoms with Crippen LogP contribution in [0.5, 0.6) is 0 Å². The van der Waals surface area contributed by atoms with Gasteiger partial charge in [-0.2, -0.15) is 0 Å². The molecular weight excluding hydrogens is 331 g/mol. The van der Waals surface area contributed by atoms with Gasteiger partial charge in [0.25, 0.3) is 0 Å². The Hall–Kier alpha value is -2.40. The van der Waals surface area contributed by atoms with E-state index in [1.807, 2.05) is 30.3 Å². The molecule has 3 aliphatic rings. The molecule has 3 heterocycles. The topological polar surface area (TPSA) is 32.8 Å². The second kappa shape index (κ2) is 7.46. The van der Waals surface area contributed by atoms with Crippen LogP contribution in [0.15, 0.2) is 54.6 Å². The van der Waals surface area contributed by atoms with Crippen molar-refractivity contribution in [2.24, 2.45) is 5.92 Å². The molecule has 136 valence electrons. The van der Waals surface area contributed by atoms with Crippen molar-refractivity contribution in [3.63, 3.8) is 0 Å². The minimum atomic E-state index is -0.474. The Bertz CT molecular complexity index is 760. The van der Waals surface area contributed by atoms with E-state index in [0.29, 0.717) is 5.92 Å². The Kier molecular flexibility index (Phi) is 4.89. The second-order valence-corrected chi connectivity index (χ2v) is 7.08. The van der Waals surface area contributed by atoms with Crippen LogP contribution < -0.4 is 4.90 Å². The molecule has 3 aliphatic heterocycles. The van der Waals surface area contributed by atoms with Gasteiger partial charge in [-0.3, -0.25) is 9.80 Å². The first kappa shape index (κ1) is 17.0. The zero-order chi connectivity index (χ0) is 17.9. The zero-order valence-corrected chi connectivity index (χ0v) is 14.7. The normalized spacial score (nSPS) is 24.3. The molecule has 5 heteroatoms. The second-order valence-electron chi connectivity index (χ2n) is 7.08. The fraction of sp³-hybridized carbons (Fsp3) is 0.381. The van der Waals surface area contributed by atoms with Crippen LogP contribution in [0.25, 0.3) is 0 Å². The summed E-state index contributed by atoms with van der Waals surface area (Å²) in [4.78, 5) is 16.7. The number of para-hydroxylation sites is 1. The third-order valence-electron chi connectivity index (χ3n) is 5.40. The molecule has 2 bridgehead atoms. The van der Waals surface area contributed by atoms with Crippen molar-refractivity contribution in [3.05, 3.63) is 66.0 Å². The van der Waals surface area contributed by atoms with Crippen molar-refractivity contribution in [3.8, 4) is 0 Å². The maximum Gasteiger partial charge on any atom is 0.415 e. The highest BCUT2D eigenvalue weighted by Gasteiger charge is 2.37. The first-order valence-corrected chi connectivity index (χ1v) is 9.19. The van der Waals surface area contributed by atoms with E-state index in [9.17, 15) is 9.18 Å². The number of anilines is 1. The lowest BCUT2D eigenvalue weighted by Crippen LogP contribution is -2.53. The van der Waals surface area contributed by atoms with E-state index in [2.05, 4.69) is 4.90 Å². The third kappa shape index (κ3) is 3.58. The van der Waals surface area contributed by atoms with E-state index in [0.717, 1.165) is 38.0 Å². The molecule has 0 aliphatic carbocycles. The number of hydrogen-bond donors (Lipinski definition) is 0. The van der Waals surface area contributed by atoms with E-state index in [-0.39, 0.29) is 18.3 Å². The lowest BCUT2D eigenvalue weighted by atomic mass is 9.86. The highest BCUT2D eigenvalue weighted by Crippen LogP contribution is 2.31. The zero-order valence-electron chi connectivity index (χ0n) is 14.7. The smallest absolute Gasteiger partial charge is 0.415 e. The summed E-state index contributed by atoms with van der Waals surface area (Å²) in [6.07, 6.45) is 1.56. The highest BCUT2D eigenvalue weighted by molar-refractivity contribution is 5.87. The van der Waals surface area contributed by atoms with Crippen molar-refractivity contribution < 1.29 is 13.9 Å². The number of amides is 1. The van der Waals surface area contributed by atoms with Crippen LogP contribution in [0.4, 0.5) is 14.9 Å². The van der Waals surface area contributed by atoms with Crippen molar-refractivity contribution in [2.45, 2.75) is 25.5 Å². The molecule has 0 unspecified atom stereocenters. The first-order valence-electron chi connectivity index (χ1n) is 9.19. The Labute approximate surface area is 153 Å². The number of carbonyl (C=O) groups excluding carboxylic acids is 1. The van der Waals surface area contributed by atoms with Crippen molar-refractivity contribution in [1.82, 2.24) is 4.90 Å². The van der Waals surface area contributed by atoms with Crippen molar-refractivity contribution in [2.75, 3.05) is 24.5 Å². The van der Waals surface area contributed by atoms with Crippen LogP contribution in [-0.4, -0.2) is 36.7 Å². The van der Waals surface area contributed by atoms with E-state index in [4.69, 9.17) is 4.74 Å². The van der Waals surface area contributed by atoms with Gasteiger partial charge < -0.3 is 4.74 Å². The molecule has 1 amide bonds. The van der Waals surface area contributed by atoms with Gasteiger partial charge in [-0.05, 0) is 49.5 Å². The van der Waals surface area contributed by atoms with Crippen LogP contribution in [0.1, 0.15) is 18.4 Å². The SMILES string of the molecule is O=C(O[C@H]1CN2CCC1CC2)N(Cc1ccccc1)c1ccccc1F. The fourth-order valence-corrected chi connectivity index (χ4v) is 3.92. The summed E-state index contributed by atoms with van der Waals surface area (Å²) >= 11 is 0. The molecule has 0 spiro atoms. The molecule has 3 fully saturated rings. The predicted octanol–water partition coefficient (Wildman–Crippen LogP) is 4.06. The summed E-state index contributed by atoms with van der Waals surface area (Å²) in [5.74, 6) is -0.00237. The Balaban J connectivity index is 1.56. The summed E-state index contributed by atoms with van der Waals surface area (Å²) in [5, 5.41) is 0. The minimum Gasteiger partial charge on any atom is -0.444 e. The number of benzene rings is 2. The number of ether oxygens (including phenoxy) is 1. The van der Waals surface area contributed by atoms with Gasteiger partial charge in [0.15, 0.2) is 0 Å². The summed E-state index contributed by atoms with van der Waals surface area (Å²) in [6, 6.07) is 15.9. The monoisotopic (exact) mass is 354 g/mol. The summed E-state index contributed by atoms with van der Waals surface area (Å²) < 4.78 is 20.2. The third-order valence-corrected chi connectivity index (χ3v) is 5.40. The molecule has 0 N–H and O–H groups in total. The van der Waals surface area contributed by atoms with Gasteiger partial charge >= 0.3 is 6.09 Å². The standard InChI is InChI=1S/C21H23FN2O2/c22-18-8-4-5-9-19(18)24(14-16-6-2-1-3-7-16)21(25)26-20-15-23-12-10-17(20)11-13-23/h1-9,17,20H,10-15H2/t20-/m0/s1. The Morgan fingerprint density at radius 1 is 1.08 bits per heavy atom. The lowest BCUT2D eigenvalue weighted by Gasteiger charge is -2.44. The number of hydrogen-bond acceptors (Lipinski definition) is 3. The van der Waals surface area contributed by atoms with Crippen molar-refractivity contribution in [1.29, 1.82) is 0 Å². The van der Waals surface area contributed by atoms with Gasteiger partial charge in [0.05, 0.1) is 12.2 Å². The van der Waals surface area contributed by atoms with Crippen LogP contribution in [0.3, 0.4) is 0 Å². The van der Waals surface area contributed by atoms with Gasteiger partial charge in [0, 0.05) is 6.54 Å². The fourth-order valence-electron chi connectivity index (χ4n) is 3.92. The summed E-state index contributed by atoms with van der Waals surface area (Å²) in [6.45, 7) is 3.23. The average molecular weight is 354 g/mol. The van der Waals surface area contributed by atoms with E-state index < -0.39 is 11.9 Å². The first-order chi connectivity index (χ1) is 12.7. The number of piperidine rings is 3. The maximum atomic E-state index is 14.4. The van der Waals surface area contributed by atoms with E-state index >= 15 is 0 Å². The van der Waals surface area contributed by atoms with Gasteiger partial charge in [-0.15, -0.1) is 0 Å². The number of nitrogens with zero attached hydrogens (tertiary/aromatic N) is 2. The molecule has 1 atom stereocenters. The van der Waals surface area contributed by atoms with Crippen LogP contribution in [0.2, 0.25) is 0 Å². The van der Waals surface area contributed by atoms with Crippen molar-refractivity contribution >= 4 is 11.8 Å². The molecule has 0 radical (unpaired) electrons. The number of halogens is 1. The Morgan fingerprint density at radius 2 is 1.77 bits per heavy atom. The highest BCUT2D eigenvalue weighted by atomic mass is 19.1. The predicted molar refractivity (Wildman–Crippen MR) is 98.5 cm³/mol. The molecule has 0 saturated carbocycles. The van der Waals surface area contributed by atoms with E-state index in [1.54, 1.807) is 18.2 Å². The lowest BCUT2D eigenvalue weighted by molar-refractivity contribution is -0.0311. The number of rotatable bonds is 4. The largest absolute Gasteiger partial charge is 0.444 e. The Morgan fingerprint density at radius 3 is 2.42 bits per heavy atom. The van der Waals surface area contributed by atoms with Gasteiger partial charge in [0.1, 0.15) is 11.9 Å². The molecule has 2 aromatic rings. The number of carbonyl (C=O) groups is 1. The van der Waals surface area contributed by atoms with Gasteiger partial charge in [0.2, 0.25) is 0 Å². The molecule has 4 nitrogen and oxygen atoms in total. The molecule has 0 aromatic heterocycles. The summed E-state index contributed by atoms with van der Waals surface area (Å²) in [7, 11) is 0. The molecule has 2 aromatic carbocycles. The molecular formula is C21H23FN2O2. The minimum absolute atomic E-state index is 0.102. The van der Waals surface area contributed by atoms with Gasteiger partial charge in [-0.1, -0.05) is 42.5 Å². The average Bonchev–Trinajstić information content (AvgIpc) is 2.68. The quantitative estimate of drug-likeness (QED) is 0.830. The van der Waals surface area contributed by atoms with Crippen LogP contribution in [-0.2, 0) is 11.3 Å². The van der Waals surface area contributed by atoms with Crippen LogP contribution in [0, 0.1) is 11.7 Å². The maximum absolute atomic E-state index is 14.4. The van der Waals surface area contributed by atoms with E-state index in [1.165, 1.54) is 11.0 Å². The molecule has 3 saturated heterocycles. The summed E-state index contributed by atoms with van der Waals surface area (Å²) in [5.41, 5.74) is 1.18. The molecule has 26 heavy (non-hydrogen) atoms.